The van der Waals surface area contributed by atoms with E-state index in [1.54, 1.807) is 41.5 Å². The Morgan fingerprint density at radius 1 is 1.11 bits per heavy atom. The lowest BCUT2D eigenvalue weighted by Gasteiger charge is -2.38. The topological polar surface area (TPSA) is 139 Å². The minimum absolute atomic E-state index is 0.0700. The third kappa shape index (κ3) is 6.34. The monoisotopic (exact) mass is 525 g/mol. The lowest BCUT2D eigenvalue weighted by Crippen LogP contribution is -2.60. The molecule has 4 N–H and O–H groups in total. The van der Waals surface area contributed by atoms with Gasteiger partial charge in [0.2, 0.25) is 11.7 Å². The number of hydrogen-bond acceptors (Lipinski definition) is 5. The van der Waals surface area contributed by atoms with Crippen LogP contribution < -0.4 is 16.4 Å². The van der Waals surface area contributed by atoms with E-state index in [-0.39, 0.29) is 23.8 Å². The summed E-state index contributed by atoms with van der Waals surface area (Å²) < 4.78 is 56.8. The third-order valence-corrected chi connectivity index (χ3v) is 7.64. The Bertz CT molecular complexity index is 1240. The van der Waals surface area contributed by atoms with Crippen LogP contribution in [0.3, 0.4) is 0 Å². The van der Waals surface area contributed by atoms with Crippen LogP contribution in [0.15, 0.2) is 0 Å². The van der Waals surface area contributed by atoms with Gasteiger partial charge < -0.3 is 21.3 Å². The highest BCUT2D eigenvalue weighted by molar-refractivity contribution is 6.36. The van der Waals surface area contributed by atoms with Gasteiger partial charge in [-0.25, -0.2) is 4.79 Å². The van der Waals surface area contributed by atoms with Crippen LogP contribution in [0.5, 0.6) is 0 Å². The standard InChI is InChI=1S/C28H46N4O5/c1-26(2,3)22(30-25(37)31-27(4,5)6)24(36)32-14-17-19(28(17,7)8)20(32)18(33)13-16(21(34)23(29)35)12-15-10-9-11-15/h15-17,19-20,22H,9-14H2,1-8H3,(H2,29,35)(H2,30,31,37)/t16?,17-,19-,20+,22+/m0/s1/i9D2,10D2,11D2,15D. The predicted octanol–water partition coefficient (Wildman–Crippen LogP) is 2.80. The lowest BCUT2D eigenvalue weighted by atomic mass is 9.76. The summed E-state index contributed by atoms with van der Waals surface area (Å²) in [6, 6.07) is -2.68. The number of nitrogens with zero attached hydrogens (tertiary/aromatic N) is 1. The van der Waals surface area contributed by atoms with Gasteiger partial charge in [0, 0.05) is 34.0 Å². The molecule has 0 aromatic heterocycles. The number of rotatable bonds is 9. The third-order valence-electron chi connectivity index (χ3n) is 7.64. The second-order valence-corrected chi connectivity index (χ2v) is 13.2. The molecule has 0 bridgehead atoms. The molecule has 0 aromatic carbocycles. The summed E-state index contributed by atoms with van der Waals surface area (Å²) in [6.07, 6.45) is -10.9. The van der Waals surface area contributed by atoms with Gasteiger partial charge >= 0.3 is 6.03 Å². The van der Waals surface area contributed by atoms with Gasteiger partial charge in [-0.1, -0.05) is 53.7 Å². The second-order valence-electron chi connectivity index (χ2n) is 13.2. The molecule has 5 atom stereocenters. The van der Waals surface area contributed by atoms with Gasteiger partial charge in [0.1, 0.15) is 6.04 Å². The van der Waals surface area contributed by atoms with E-state index in [9.17, 15) is 24.0 Å². The van der Waals surface area contributed by atoms with Crippen molar-refractivity contribution in [3.8, 4) is 0 Å². The lowest BCUT2D eigenvalue weighted by molar-refractivity contribution is -0.144. The summed E-state index contributed by atoms with van der Waals surface area (Å²) in [6.45, 7) is 14.7. The molecule has 1 heterocycles. The molecule has 9 heteroatoms. The van der Waals surface area contributed by atoms with Gasteiger partial charge in [-0.2, -0.15) is 0 Å². The first kappa shape index (κ1) is 20.5. The fraction of sp³-hybridized carbons (Fsp3) is 0.821. The van der Waals surface area contributed by atoms with Crippen LogP contribution in [0.2, 0.25) is 0 Å². The van der Waals surface area contributed by atoms with E-state index in [0.29, 0.717) is 0 Å². The van der Waals surface area contributed by atoms with Crippen LogP contribution >= 0.6 is 0 Å². The van der Waals surface area contributed by atoms with E-state index in [4.69, 9.17) is 15.3 Å². The van der Waals surface area contributed by atoms with Crippen molar-refractivity contribution in [1.82, 2.24) is 15.5 Å². The van der Waals surface area contributed by atoms with Crippen LogP contribution in [-0.4, -0.2) is 58.5 Å². The molecular weight excluding hydrogens is 472 g/mol. The normalized spacial score (nSPS) is 34.1. The average molecular weight is 526 g/mol. The van der Waals surface area contributed by atoms with Crippen molar-refractivity contribution in [2.24, 2.45) is 40.2 Å². The fourth-order valence-corrected chi connectivity index (χ4v) is 5.53. The highest BCUT2D eigenvalue weighted by Gasteiger charge is 2.69. The molecule has 0 radical (unpaired) electrons. The highest BCUT2D eigenvalue weighted by atomic mass is 16.2. The maximum Gasteiger partial charge on any atom is 0.315 e. The minimum atomic E-state index is -3.07. The van der Waals surface area contributed by atoms with Crippen molar-refractivity contribution in [1.29, 1.82) is 0 Å². The number of piperidine rings is 1. The first-order chi connectivity index (χ1) is 19.5. The summed E-state index contributed by atoms with van der Waals surface area (Å²) in [5, 5.41) is 5.49. The van der Waals surface area contributed by atoms with Crippen molar-refractivity contribution in [2.45, 2.75) is 105 Å². The van der Waals surface area contributed by atoms with Crippen LogP contribution in [0.1, 0.15) is 96.9 Å². The molecule has 4 amide bonds. The molecule has 2 aliphatic carbocycles. The maximum absolute atomic E-state index is 14.1. The zero-order valence-electron chi connectivity index (χ0n) is 30.1. The molecule has 37 heavy (non-hydrogen) atoms. The van der Waals surface area contributed by atoms with Crippen molar-refractivity contribution >= 4 is 29.4 Å². The van der Waals surface area contributed by atoms with E-state index in [0.717, 1.165) is 0 Å². The SMILES string of the molecule is [2H]C1([2H])C([2H])([2H])C([2H])(CC(CC(=O)[C@@H]2[C@@H]3[C@H](CN2C(=O)[C@@H](NC(=O)NC(C)(C)C)C(C)(C)C)C3(C)C)C(=O)C(N)=O)C1([2H])[2H]. The van der Waals surface area contributed by atoms with Gasteiger partial charge in [-0.3, -0.25) is 19.2 Å². The Balaban J connectivity index is 1.95. The molecule has 3 fully saturated rings. The molecule has 2 saturated carbocycles. The fourth-order valence-electron chi connectivity index (χ4n) is 5.53. The molecule has 9 nitrogen and oxygen atoms in total. The maximum atomic E-state index is 14.1. The first-order valence-electron chi connectivity index (χ1n) is 16.2. The Hall–Kier alpha value is -2.45. The van der Waals surface area contributed by atoms with Gasteiger partial charge in [-0.05, 0) is 55.8 Å². The Morgan fingerprint density at radius 3 is 2.22 bits per heavy atom. The van der Waals surface area contributed by atoms with Crippen molar-refractivity contribution in [3.05, 3.63) is 0 Å². The van der Waals surface area contributed by atoms with Crippen LogP contribution in [0.25, 0.3) is 0 Å². The average Bonchev–Trinajstić information content (AvgIpc) is 3.16. The molecule has 3 rings (SSSR count). The second kappa shape index (κ2) is 10.0. The van der Waals surface area contributed by atoms with Crippen molar-refractivity contribution < 1.29 is 33.6 Å². The van der Waals surface area contributed by atoms with Crippen LogP contribution in [-0.2, 0) is 19.2 Å². The summed E-state index contributed by atoms with van der Waals surface area (Å²) in [4.78, 5) is 67.1. The van der Waals surface area contributed by atoms with Gasteiger partial charge in [0.15, 0.2) is 5.78 Å². The van der Waals surface area contributed by atoms with Crippen LogP contribution in [0, 0.1) is 34.5 Å². The number of ketones is 2. The summed E-state index contributed by atoms with van der Waals surface area (Å²) in [7, 11) is 0. The number of Topliss-reactive ketones (excluding diaryl/α,β-unsaturated/α-hetero) is 2. The van der Waals surface area contributed by atoms with E-state index in [1.165, 1.54) is 4.90 Å². The molecule has 0 aromatic rings. The zero-order valence-corrected chi connectivity index (χ0v) is 23.1. The van der Waals surface area contributed by atoms with E-state index >= 15 is 0 Å². The molecule has 1 unspecified atom stereocenters. The van der Waals surface area contributed by atoms with Gasteiger partial charge in [0.05, 0.1) is 6.04 Å². The summed E-state index contributed by atoms with van der Waals surface area (Å²) >= 11 is 0. The van der Waals surface area contributed by atoms with E-state index in [2.05, 4.69) is 10.6 Å². The Labute approximate surface area is 230 Å². The number of likely N-dealkylation sites (tertiary alicyclic amines) is 1. The van der Waals surface area contributed by atoms with Gasteiger partial charge in [0.25, 0.3) is 5.91 Å². The number of carbonyl (C=O) groups excluding carboxylic acids is 5. The number of nitrogens with two attached hydrogens (primary N) is 1. The number of urea groups is 1. The molecule has 208 valence electrons. The largest absolute Gasteiger partial charge is 0.363 e. The first-order valence-corrected chi connectivity index (χ1v) is 12.7. The number of fused-ring (bicyclic) bond motifs is 1. The molecule has 0 spiro atoms. The minimum Gasteiger partial charge on any atom is -0.363 e. The van der Waals surface area contributed by atoms with Crippen molar-refractivity contribution in [2.75, 3.05) is 6.54 Å². The van der Waals surface area contributed by atoms with Crippen molar-refractivity contribution in [3.63, 3.8) is 0 Å². The smallest absolute Gasteiger partial charge is 0.315 e. The van der Waals surface area contributed by atoms with E-state index in [1.807, 2.05) is 13.8 Å². The van der Waals surface area contributed by atoms with E-state index < -0.39 is 96.2 Å². The molecular formula is C28H46N4O5. The molecule has 3 aliphatic rings. The van der Waals surface area contributed by atoms with Gasteiger partial charge in [-0.15, -0.1) is 0 Å². The molecule has 1 saturated heterocycles. The number of nitrogens with one attached hydrogen (secondary N) is 2. The Morgan fingerprint density at radius 2 is 1.70 bits per heavy atom. The predicted molar refractivity (Wildman–Crippen MR) is 140 cm³/mol. The summed E-state index contributed by atoms with van der Waals surface area (Å²) in [5.74, 6) is -8.83. The zero-order chi connectivity index (χ0) is 34.4. The number of primary amides is 1. The number of amides is 4. The number of hydrogen-bond donors (Lipinski definition) is 3. The number of carbonyl (C=O) groups is 5. The Kier molecular flexibility index (Phi) is 5.56. The summed E-state index contributed by atoms with van der Waals surface area (Å²) in [5.41, 5.74) is 3.53. The quantitative estimate of drug-likeness (QED) is 0.397. The molecule has 1 aliphatic heterocycles. The highest BCUT2D eigenvalue weighted by Crippen LogP contribution is 2.65. The van der Waals surface area contributed by atoms with Crippen LogP contribution in [0.4, 0.5) is 4.79 Å².